The molecule has 0 saturated carbocycles. The number of rotatable bonds is 6. The molecule has 0 aliphatic heterocycles. The van der Waals surface area contributed by atoms with E-state index in [4.69, 9.17) is 9.47 Å². The van der Waals surface area contributed by atoms with E-state index in [9.17, 15) is 9.59 Å². The first-order valence-corrected chi connectivity index (χ1v) is 6.63. The van der Waals surface area contributed by atoms with Crippen molar-refractivity contribution >= 4 is 18.0 Å². The lowest BCUT2D eigenvalue weighted by molar-refractivity contribution is -0.176. The lowest BCUT2D eigenvalue weighted by Crippen LogP contribution is -2.20. The van der Waals surface area contributed by atoms with Crippen molar-refractivity contribution in [2.24, 2.45) is 0 Å². The SMILES string of the molecule is CCCc1ccccc1/C=C/C(OC(C)=O)OC(C)=O. The highest BCUT2D eigenvalue weighted by atomic mass is 16.7. The summed E-state index contributed by atoms with van der Waals surface area (Å²) in [4.78, 5) is 21.9. The molecule has 0 unspecified atom stereocenters. The third kappa shape index (κ3) is 5.69. The van der Waals surface area contributed by atoms with Crippen LogP contribution in [0.3, 0.4) is 0 Å². The summed E-state index contributed by atoms with van der Waals surface area (Å²) < 4.78 is 9.83. The first-order valence-electron chi connectivity index (χ1n) is 6.63. The second-order valence-electron chi connectivity index (χ2n) is 4.40. The van der Waals surface area contributed by atoms with E-state index in [1.807, 2.05) is 24.3 Å². The Kier molecular flexibility index (Phi) is 6.50. The number of aryl methyl sites for hydroxylation is 1. The molecule has 0 aliphatic rings. The summed E-state index contributed by atoms with van der Waals surface area (Å²) >= 11 is 0. The van der Waals surface area contributed by atoms with Crippen molar-refractivity contribution in [3.05, 3.63) is 41.5 Å². The third-order valence-electron chi connectivity index (χ3n) is 2.57. The Labute approximate surface area is 119 Å². The van der Waals surface area contributed by atoms with Crippen molar-refractivity contribution in [1.82, 2.24) is 0 Å². The van der Waals surface area contributed by atoms with Crippen molar-refractivity contribution in [1.29, 1.82) is 0 Å². The number of hydrogen-bond acceptors (Lipinski definition) is 4. The van der Waals surface area contributed by atoms with E-state index in [0.29, 0.717) is 0 Å². The Morgan fingerprint density at radius 1 is 1.15 bits per heavy atom. The van der Waals surface area contributed by atoms with E-state index in [0.717, 1.165) is 18.4 Å². The van der Waals surface area contributed by atoms with Gasteiger partial charge in [-0.25, -0.2) is 0 Å². The lowest BCUT2D eigenvalue weighted by atomic mass is 10.0. The first-order chi connectivity index (χ1) is 9.52. The van der Waals surface area contributed by atoms with Crippen molar-refractivity contribution in [3.8, 4) is 0 Å². The summed E-state index contributed by atoms with van der Waals surface area (Å²) in [6.45, 7) is 4.66. The number of hydrogen-bond donors (Lipinski definition) is 0. The Balaban J connectivity index is 2.85. The van der Waals surface area contributed by atoms with E-state index in [1.54, 1.807) is 6.08 Å². The number of benzene rings is 1. The first kappa shape index (κ1) is 16.0. The predicted molar refractivity (Wildman–Crippen MR) is 76.8 cm³/mol. The van der Waals surface area contributed by atoms with Crippen LogP contribution in [0.2, 0.25) is 0 Å². The molecule has 4 nitrogen and oxygen atoms in total. The fraction of sp³-hybridized carbons (Fsp3) is 0.375. The minimum Gasteiger partial charge on any atom is -0.421 e. The Hall–Kier alpha value is -2.10. The average molecular weight is 276 g/mol. The second-order valence-corrected chi connectivity index (χ2v) is 4.40. The summed E-state index contributed by atoms with van der Waals surface area (Å²) in [6, 6.07) is 7.94. The standard InChI is InChI=1S/C16H20O4/c1-4-7-14-8-5-6-9-15(14)10-11-16(19-12(2)17)20-13(3)18/h5-6,8-11,16H,4,7H2,1-3H3/b11-10+. The van der Waals surface area contributed by atoms with Crippen molar-refractivity contribution in [3.63, 3.8) is 0 Å². The zero-order valence-corrected chi connectivity index (χ0v) is 12.1. The maximum Gasteiger partial charge on any atom is 0.305 e. The Bertz CT molecular complexity index is 475. The minimum atomic E-state index is -0.986. The highest BCUT2D eigenvalue weighted by Crippen LogP contribution is 2.14. The molecule has 0 spiro atoms. The van der Waals surface area contributed by atoms with Crippen LogP contribution in [0.1, 0.15) is 38.3 Å². The topological polar surface area (TPSA) is 52.6 Å². The van der Waals surface area contributed by atoms with Crippen LogP contribution in [-0.2, 0) is 25.5 Å². The molecule has 0 amide bonds. The summed E-state index contributed by atoms with van der Waals surface area (Å²) in [5.74, 6) is -0.995. The summed E-state index contributed by atoms with van der Waals surface area (Å²) in [6.07, 6.45) is 4.40. The highest BCUT2D eigenvalue weighted by Gasteiger charge is 2.11. The van der Waals surface area contributed by atoms with Crippen LogP contribution in [0.25, 0.3) is 6.08 Å². The van der Waals surface area contributed by atoms with E-state index in [1.165, 1.54) is 19.4 Å². The van der Waals surface area contributed by atoms with Crippen LogP contribution < -0.4 is 0 Å². The van der Waals surface area contributed by atoms with Gasteiger partial charge in [-0.05, 0) is 23.6 Å². The number of esters is 2. The molecule has 0 aliphatic carbocycles. The molecule has 0 N–H and O–H groups in total. The molecule has 20 heavy (non-hydrogen) atoms. The van der Waals surface area contributed by atoms with Crippen molar-refractivity contribution in [2.75, 3.05) is 0 Å². The van der Waals surface area contributed by atoms with Crippen LogP contribution in [-0.4, -0.2) is 18.2 Å². The molecule has 0 heterocycles. The normalized spacial score (nSPS) is 10.8. The van der Waals surface area contributed by atoms with Gasteiger partial charge in [-0.3, -0.25) is 9.59 Å². The van der Waals surface area contributed by atoms with Gasteiger partial charge in [0.15, 0.2) is 0 Å². The van der Waals surface area contributed by atoms with Gasteiger partial charge in [0.25, 0.3) is 6.29 Å². The van der Waals surface area contributed by atoms with Crippen LogP contribution in [0.4, 0.5) is 0 Å². The molecular formula is C16H20O4. The molecular weight excluding hydrogens is 256 g/mol. The van der Waals surface area contributed by atoms with Gasteiger partial charge in [0.1, 0.15) is 0 Å². The fourth-order valence-corrected chi connectivity index (χ4v) is 1.81. The van der Waals surface area contributed by atoms with Gasteiger partial charge in [-0.2, -0.15) is 0 Å². The largest absolute Gasteiger partial charge is 0.421 e. The van der Waals surface area contributed by atoms with Crippen LogP contribution in [0.15, 0.2) is 30.3 Å². The van der Waals surface area contributed by atoms with Gasteiger partial charge in [0.2, 0.25) is 0 Å². The van der Waals surface area contributed by atoms with Gasteiger partial charge in [0.05, 0.1) is 0 Å². The van der Waals surface area contributed by atoms with E-state index >= 15 is 0 Å². The third-order valence-corrected chi connectivity index (χ3v) is 2.57. The molecule has 0 radical (unpaired) electrons. The van der Waals surface area contributed by atoms with Crippen molar-refractivity contribution < 1.29 is 19.1 Å². The van der Waals surface area contributed by atoms with Crippen LogP contribution >= 0.6 is 0 Å². The van der Waals surface area contributed by atoms with Crippen LogP contribution in [0, 0.1) is 0 Å². The maximum atomic E-state index is 11.0. The van der Waals surface area contributed by atoms with E-state index in [-0.39, 0.29) is 0 Å². The maximum absolute atomic E-state index is 11.0. The summed E-state index contributed by atoms with van der Waals surface area (Å²) in [5, 5.41) is 0. The summed E-state index contributed by atoms with van der Waals surface area (Å²) in [7, 11) is 0. The van der Waals surface area contributed by atoms with Gasteiger partial charge >= 0.3 is 11.9 Å². The molecule has 1 rings (SSSR count). The van der Waals surface area contributed by atoms with Gasteiger partial charge in [0, 0.05) is 13.8 Å². The Morgan fingerprint density at radius 3 is 2.30 bits per heavy atom. The van der Waals surface area contributed by atoms with E-state index in [2.05, 4.69) is 13.0 Å². The molecule has 0 atom stereocenters. The molecule has 4 heteroatoms. The average Bonchev–Trinajstić information content (AvgIpc) is 2.36. The molecule has 108 valence electrons. The summed E-state index contributed by atoms with van der Waals surface area (Å²) in [5.41, 5.74) is 2.23. The zero-order valence-electron chi connectivity index (χ0n) is 12.1. The smallest absolute Gasteiger partial charge is 0.305 e. The lowest BCUT2D eigenvalue weighted by Gasteiger charge is -2.13. The zero-order chi connectivity index (χ0) is 15.0. The second kappa shape index (κ2) is 8.15. The molecule has 0 bridgehead atoms. The molecule has 1 aromatic carbocycles. The van der Waals surface area contributed by atoms with Gasteiger partial charge in [-0.1, -0.05) is 43.7 Å². The number of carbonyl (C=O) groups is 2. The number of ether oxygens (including phenoxy) is 2. The molecule has 0 aromatic heterocycles. The molecule has 1 aromatic rings. The van der Waals surface area contributed by atoms with Gasteiger partial charge in [-0.15, -0.1) is 0 Å². The van der Waals surface area contributed by atoms with Crippen molar-refractivity contribution in [2.45, 2.75) is 39.9 Å². The predicted octanol–water partition coefficient (Wildman–Crippen LogP) is 3.10. The number of carbonyl (C=O) groups excluding carboxylic acids is 2. The minimum absolute atomic E-state index is 0.497. The molecule has 0 saturated heterocycles. The van der Waals surface area contributed by atoms with E-state index < -0.39 is 18.2 Å². The highest BCUT2D eigenvalue weighted by molar-refractivity contribution is 5.69. The molecule has 0 fully saturated rings. The monoisotopic (exact) mass is 276 g/mol. The van der Waals surface area contributed by atoms with Gasteiger partial charge < -0.3 is 9.47 Å². The fourth-order valence-electron chi connectivity index (χ4n) is 1.81. The van der Waals surface area contributed by atoms with Crippen LogP contribution in [0.5, 0.6) is 0 Å². The Morgan fingerprint density at radius 2 is 1.75 bits per heavy atom. The quantitative estimate of drug-likeness (QED) is 0.592.